The van der Waals surface area contributed by atoms with Crippen molar-refractivity contribution >= 4 is 52.2 Å². The van der Waals surface area contributed by atoms with Gasteiger partial charge in [0.2, 0.25) is 0 Å². The van der Waals surface area contributed by atoms with E-state index in [9.17, 15) is 4.79 Å². The van der Waals surface area contributed by atoms with Crippen LogP contribution in [0.5, 0.6) is 0 Å². The second-order valence-corrected chi connectivity index (χ2v) is 8.70. The molecule has 2 heterocycles. The molecule has 0 bridgehead atoms. The van der Waals surface area contributed by atoms with Gasteiger partial charge in [0, 0.05) is 40.8 Å². The molecule has 4 rings (SSSR count). The van der Waals surface area contributed by atoms with Gasteiger partial charge in [0.25, 0.3) is 0 Å². The number of anilines is 1. The Bertz CT molecular complexity index is 1180. The number of rotatable bonds is 4. The van der Waals surface area contributed by atoms with Crippen LogP contribution in [0.2, 0.25) is 10.0 Å². The van der Waals surface area contributed by atoms with Gasteiger partial charge in [-0.3, -0.25) is 0 Å². The van der Waals surface area contributed by atoms with E-state index >= 15 is 0 Å². The zero-order valence-electron chi connectivity index (χ0n) is 17.7. The molecule has 9 heteroatoms. The van der Waals surface area contributed by atoms with Crippen LogP contribution in [0.25, 0.3) is 5.69 Å². The Morgan fingerprint density at radius 3 is 2.59 bits per heavy atom. The zero-order valence-corrected chi connectivity index (χ0v) is 20.0. The van der Waals surface area contributed by atoms with Crippen LogP contribution in [0, 0.1) is 6.92 Å². The van der Waals surface area contributed by atoms with Crippen molar-refractivity contribution in [2.45, 2.75) is 26.8 Å². The first kappa shape index (κ1) is 22.6. The van der Waals surface area contributed by atoms with Crippen molar-refractivity contribution in [1.29, 1.82) is 0 Å². The molecule has 1 aliphatic heterocycles. The lowest BCUT2D eigenvalue weighted by Gasteiger charge is -2.30. The number of hydrogen-bond donors (Lipinski definition) is 1. The number of benzene rings is 2. The smallest absolute Gasteiger partial charge is 0.359 e. The Hall–Kier alpha value is -2.61. The summed E-state index contributed by atoms with van der Waals surface area (Å²) in [6.45, 7) is 5.17. The number of aromatic nitrogens is 2. The van der Waals surface area contributed by atoms with E-state index in [-0.39, 0.29) is 6.61 Å². The Labute approximate surface area is 202 Å². The lowest BCUT2D eigenvalue weighted by molar-refractivity contribution is 0.0517. The summed E-state index contributed by atoms with van der Waals surface area (Å²) in [6, 6.07) is 13.0. The molecule has 0 saturated carbocycles. The molecule has 32 heavy (non-hydrogen) atoms. The molecule has 1 N–H and O–H groups in total. The number of aryl methyl sites for hydroxylation is 1. The minimum Gasteiger partial charge on any atom is -0.461 e. The van der Waals surface area contributed by atoms with Gasteiger partial charge in [-0.15, -0.1) is 0 Å². The van der Waals surface area contributed by atoms with E-state index in [1.54, 1.807) is 23.7 Å². The van der Waals surface area contributed by atoms with Crippen molar-refractivity contribution in [1.82, 2.24) is 14.7 Å². The topological polar surface area (TPSA) is 59.4 Å². The third-order valence-corrected chi connectivity index (χ3v) is 6.16. The van der Waals surface area contributed by atoms with Crippen molar-refractivity contribution in [3.63, 3.8) is 0 Å². The zero-order chi connectivity index (χ0) is 22.8. The molecule has 0 unspecified atom stereocenters. The maximum atomic E-state index is 12.7. The number of esters is 1. The van der Waals surface area contributed by atoms with Crippen molar-refractivity contribution in [3.8, 4) is 5.69 Å². The summed E-state index contributed by atoms with van der Waals surface area (Å²) in [5.74, 6) is -0.439. The molecule has 1 aliphatic rings. The minimum absolute atomic E-state index is 0.279. The molecule has 0 aliphatic carbocycles. The van der Waals surface area contributed by atoms with E-state index in [1.807, 2.05) is 42.2 Å². The van der Waals surface area contributed by atoms with Gasteiger partial charge < -0.3 is 15.0 Å². The van der Waals surface area contributed by atoms with Crippen LogP contribution in [-0.4, -0.2) is 38.9 Å². The summed E-state index contributed by atoms with van der Waals surface area (Å²) < 4.78 is 7.07. The number of nitrogens with one attached hydrogen (secondary N) is 1. The SMILES string of the molecule is CCOC(=O)c1nn(-c2ccc(Cl)cc2)c2c1CN(C(=S)Nc1ccc(Cl)cc1C)CC2. The number of ether oxygens (including phenoxy) is 1. The van der Waals surface area contributed by atoms with E-state index in [1.165, 1.54) is 0 Å². The molecule has 3 aromatic rings. The highest BCUT2D eigenvalue weighted by molar-refractivity contribution is 7.80. The predicted octanol–water partition coefficient (Wildman–Crippen LogP) is 5.42. The van der Waals surface area contributed by atoms with Crippen molar-refractivity contribution < 1.29 is 9.53 Å². The second kappa shape index (κ2) is 9.48. The lowest BCUT2D eigenvalue weighted by atomic mass is 10.1. The Morgan fingerprint density at radius 1 is 1.19 bits per heavy atom. The number of halogens is 2. The van der Waals surface area contributed by atoms with E-state index in [0.717, 1.165) is 28.2 Å². The largest absolute Gasteiger partial charge is 0.461 e. The van der Waals surface area contributed by atoms with Crippen LogP contribution in [-0.2, 0) is 17.7 Å². The molecular formula is C23H22Cl2N4O2S. The highest BCUT2D eigenvalue weighted by Gasteiger charge is 2.30. The van der Waals surface area contributed by atoms with Crippen LogP contribution in [0.1, 0.15) is 34.2 Å². The summed E-state index contributed by atoms with van der Waals surface area (Å²) >= 11 is 17.8. The van der Waals surface area contributed by atoms with Gasteiger partial charge in [-0.1, -0.05) is 23.2 Å². The van der Waals surface area contributed by atoms with E-state index < -0.39 is 5.97 Å². The molecule has 166 valence electrons. The molecule has 0 amide bonds. The van der Waals surface area contributed by atoms with Crippen molar-refractivity contribution in [3.05, 3.63) is 75.0 Å². The third kappa shape index (κ3) is 4.60. The van der Waals surface area contributed by atoms with Crippen LogP contribution in [0.4, 0.5) is 5.69 Å². The molecule has 6 nitrogen and oxygen atoms in total. The summed E-state index contributed by atoms with van der Waals surface area (Å²) in [5, 5.41) is 9.80. The monoisotopic (exact) mass is 488 g/mol. The van der Waals surface area contributed by atoms with Gasteiger partial charge in [-0.25, -0.2) is 9.48 Å². The average Bonchev–Trinajstić information content (AvgIpc) is 3.15. The van der Waals surface area contributed by atoms with Crippen LogP contribution >= 0.6 is 35.4 Å². The van der Waals surface area contributed by atoms with Gasteiger partial charge in [0.15, 0.2) is 10.8 Å². The number of fused-ring (bicyclic) bond motifs is 1. The van der Waals surface area contributed by atoms with E-state index in [4.69, 9.17) is 40.2 Å². The van der Waals surface area contributed by atoms with E-state index in [0.29, 0.717) is 40.4 Å². The summed E-state index contributed by atoms with van der Waals surface area (Å²) in [4.78, 5) is 14.7. The Balaban J connectivity index is 1.64. The third-order valence-electron chi connectivity index (χ3n) is 5.31. The first-order valence-electron chi connectivity index (χ1n) is 10.2. The minimum atomic E-state index is -0.439. The number of hydrogen-bond acceptors (Lipinski definition) is 4. The molecule has 0 spiro atoms. The fourth-order valence-corrected chi connectivity index (χ4v) is 4.33. The highest BCUT2D eigenvalue weighted by atomic mass is 35.5. The lowest BCUT2D eigenvalue weighted by Crippen LogP contribution is -2.39. The van der Waals surface area contributed by atoms with Gasteiger partial charge >= 0.3 is 5.97 Å². The van der Waals surface area contributed by atoms with Crippen molar-refractivity contribution in [2.75, 3.05) is 18.5 Å². The quantitative estimate of drug-likeness (QED) is 0.390. The first-order valence-corrected chi connectivity index (χ1v) is 11.4. The molecule has 0 saturated heterocycles. The van der Waals surface area contributed by atoms with Crippen LogP contribution < -0.4 is 5.32 Å². The molecule has 2 aromatic carbocycles. The van der Waals surface area contributed by atoms with Crippen LogP contribution in [0.3, 0.4) is 0 Å². The molecule has 1 aromatic heterocycles. The van der Waals surface area contributed by atoms with Crippen LogP contribution in [0.15, 0.2) is 42.5 Å². The molecule has 0 fully saturated rings. The van der Waals surface area contributed by atoms with Gasteiger partial charge in [0.05, 0.1) is 18.0 Å². The molecule has 0 radical (unpaired) electrons. The first-order chi connectivity index (χ1) is 15.4. The second-order valence-electron chi connectivity index (χ2n) is 7.44. The molecule has 0 atom stereocenters. The predicted molar refractivity (Wildman–Crippen MR) is 131 cm³/mol. The van der Waals surface area contributed by atoms with Gasteiger partial charge in [0.1, 0.15) is 0 Å². The van der Waals surface area contributed by atoms with E-state index in [2.05, 4.69) is 10.4 Å². The Morgan fingerprint density at radius 2 is 1.91 bits per heavy atom. The summed E-state index contributed by atoms with van der Waals surface area (Å²) in [5.41, 5.74) is 4.84. The molecular weight excluding hydrogens is 467 g/mol. The number of carbonyl (C=O) groups excluding carboxylic acids is 1. The fourth-order valence-electron chi connectivity index (χ4n) is 3.71. The normalized spacial score (nSPS) is 12.9. The highest BCUT2D eigenvalue weighted by Crippen LogP contribution is 2.28. The maximum absolute atomic E-state index is 12.7. The number of carbonyl (C=O) groups is 1. The Kier molecular flexibility index (Phi) is 6.69. The van der Waals surface area contributed by atoms with Crippen molar-refractivity contribution in [2.24, 2.45) is 0 Å². The number of nitrogens with zero attached hydrogens (tertiary/aromatic N) is 3. The average molecular weight is 489 g/mol. The fraction of sp³-hybridized carbons (Fsp3) is 0.261. The van der Waals surface area contributed by atoms with Gasteiger partial charge in [-0.2, -0.15) is 5.10 Å². The number of thiocarbonyl (C=S) groups is 1. The maximum Gasteiger partial charge on any atom is 0.359 e. The summed E-state index contributed by atoms with van der Waals surface area (Å²) in [6.07, 6.45) is 0.672. The summed E-state index contributed by atoms with van der Waals surface area (Å²) in [7, 11) is 0. The van der Waals surface area contributed by atoms with Gasteiger partial charge in [-0.05, 0) is 74.1 Å². The standard InChI is InChI=1S/C23H22Cl2N4O2S/c1-3-31-22(30)21-18-13-28(23(32)26-19-9-6-16(25)12-14(19)2)11-10-20(18)29(27-21)17-7-4-15(24)5-8-17/h4-9,12H,3,10-11,13H2,1-2H3,(H,26,32).